The van der Waals surface area contributed by atoms with Crippen molar-refractivity contribution in [3.8, 4) is 0 Å². The summed E-state index contributed by atoms with van der Waals surface area (Å²) >= 11 is -2.69. The Bertz CT molecular complexity index is 256. The summed E-state index contributed by atoms with van der Waals surface area (Å²) in [4.78, 5) is 0. The Morgan fingerprint density at radius 1 is 1.18 bits per heavy atom. The molecule has 4 atom stereocenters. The minimum absolute atomic E-state index is 0.0882. The number of fused-ring (bicyclic) bond motifs is 1. The van der Waals surface area contributed by atoms with E-state index in [9.17, 15) is 0 Å². The number of ether oxygens (including phenoxy) is 2. The van der Waals surface area contributed by atoms with Crippen molar-refractivity contribution in [3.63, 3.8) is 0 Å². The van der Waals surface area contributed by atoms with Gasteiger partial charge in [-0.05, 0) is 0 Å². The van der Waals surface area contributed by atoms with Gasteiger partial charge in [-0.3, -0.25) is 0 Å². The van der Waals surface area contributed by atoms with E-state index in [4.69, 9.17) is 26.0 Å². The summed E-state index contributed by atoms with van der Waals surface area (Å²) in [5.74, 6) is 0. The quantitative estimate of drug-likeness (QED) is 0.430. The summed E-state index contributed by atoms with van der Waals surface area (Å²) in [5, 5.41) is 0. The Morgan fingerprint density at radius 2 is 1.94 bits per heavy atom. The summed E-state index contributed by atoms with van der Waals surface area (Å²) in [7, 11) is 16.6. The molecule has 0 aliphatic heterocycles. The predicted molar refractivity (Wildman–Crippen MR) is 61.8 cm³/mol. The van der Waals surface area contributed by atoms with Crippen LogP contribution in [-0.4, -0.2) is 25.9 Å². The van der Waals surface area contributed by atoms with Crippen LogP contribution in [0.1, 0.15) is 32.1 Å². The third kappa shape index (κ3) is 2.62. The van der Waals surface area contributed by atoms with Gasteiger partial charge in [0.1, 0.15) is 0 Å². The van der Waals surface area contributed by atoms with Gasteiger partial charge in [-0.2, -0.15) is 0 Å². The second kappa shape index (κ2) is 6.43. The molecule has 2 rings (SSSR count). The van der Waals surface area contributed by atoms with E-state index in [-0.39, 0.29) is 5.60 Å². The molecule has 4 unspecified atom stereocenters. The van der Waals surface area contributed by atoms with Crippen molar-refractivity contribution in [2.45, 2.75) is 50.2 Å². The van der Waals surface area contributed by atoms with Gasteiger partial charge in [0.2, 0.25) is 0 Å². The zero-order valence-corrected chi connectivity index (χ0v) is 23.2. The number of halogens is 2. The number of hydrogen-bond donors (Lipinski definition) is 0. The van der Waals surface area contributed by atoms with E-state index in [1.54, 1.807) is 0 Å². The molecule has 2 fully saturated rings. The van der Waals surface area contributed by atoms with Gasteiger partial charge in [-0.15, -0.1) is 0 Å². The molecule has 0 spiro atoms. The molecule has 0 heterocycles. The molecule has 2 aliphatic carbocycles. The molecular weight excluding hydrogens is 636 g/mol. The average Bonchev–Trinajstić information content (AvgIpc) is 2.76. The third-order valence-corrected chi connectivity index (χ3v) is 24.7. The van der Waals surface area contributed by atoms with Crippen molar-refractivity contribution < 1.29 is 56.2 Å². The molecule has 0 radical (unpaired) electrons. The van der Waals surface area contributed by atoms with Crippen LogP contribution in [0.3, 0.4) is 0 Å². The van der Waals surface area contributed by atoms with Gasteiger partial charge in [0.15, 0.2) is 0 Å². The van der Waals surface area contributed by atoms with Gasteiger partial charge in [-0.1, -0.05) is 0 Å². The maximum absolute atomic E-state index is 6.53. The van der Waals surface area contributed by atoms with E-state index in [1.165, 1.54) is 19.3 Å². The van der Waals surface area contributed by atoms with Crippen LogP contribution in [0, 0.1) is 0 Å². The van der Waals surface area contributed by atoms with Crippen LogP contribution in [0.15, 0.2) is 0 Å². The van der Waals surface area contributed by atoms with Gasteiger partial charge < -0.3 is 0 Å². The molecule has 2 aliphatic rings. The first kappa shape index (κ1) is 15.8. The average molecular weight is 654 g/mol. The molecule has 2 saturated carbocycles. The van der Waals surface area contributed by atoms with Crippen molar-refractivity contribution in [2.75, 3.05) is 14.2 Å². The molecule has 0 aromatic carbocycles. The molecule has 0 saturated heterocycles. The first-order chi connectivity index (χ1) is 8.17. The Balaban J connectivity index is 2.29. The number of rotatable bonds is 4. The molecule has 6 heteroatoms. The monoisotopic (exact) mass is 656 g/mol. The first-order valence-electron chi connectivity index (χ1n) is 6.37. The van der Waals surface area contributed by atoms with Gasteiger partial charge in [0, 0.05) is 0 Å². The van der Waals surface area contributed by atoms with Crippen molar-refractivity contribution in [2.24, 2.45) is 0 Å². The van der Waals surface area contributed by atoms with Crippen LogP contribution >= 0.6 is 16.5 Å². The fourth-order valence-corrected chi connectivity index (χ4v) is 21.1. The Kier molecular flexibility index (Phi) is 5.95. The van der Waals surface area contributed by atoms with E-state index in [1.807, 2.05) is 14.2 Å². The molecule has 0 aromatic rings. The van der Waals surface area contributed by atoms with Gasteiger partial charge >= 0.3 is 137 Å². The van der Waals surface area contributed by atoms with E-state index in [0.717, 1.165) is 12.8 Å². The fourth-order valence-electron chi connectivity index (χ4n) is 3.99. The number of hydrogen-bond acceptors (Lipinski definition) is 2. The summed E-state index contributed by atoms with van der Waals surface area (Å²) < 4.78 is 12.7. The zero-order chi connectivity index (χ0) is 12.5. The second-order valence-electron chi connectivity index (χ2n) is 5.56. The van der Waals surface area contributed by atoms with Crippen molar-refractivity contribution in [3.05, 3.63) is 0 Å². The van der Waals surface area contributed by atoms with Crippen molar-refractivity contribution >= 4 is 16.5 Å². The van der Waals surface area contributed by atoms with Gasteiger partial charge in [-0.25, -0.2) is 0 Å². The van der Waals surface area contributed by atoms with Crippen LogP contribution in [0.5, 0.6) is 0 Å². The molecule has 0 aromatic heterocycles. The second-order valence-corrected chi connectivity index (χ2v) is 22.2. The normalized spacial score (nSPS) is 44.9. The van der Waals surface area contributed by atoms with Crippen LogP contribution in [0.2, 0.25) is 6.35 Å². The Labute approximate surface area is 135 Å². The van der Waals surface area contributed by atoms with Crippen LogP contribution in [-0.2, 0) is 56.2 Å². The van der Waals surface area contributed by atoms with Crippen molar-refractivity contribution in [1.29, 1.82) is 0 Å². The van der Waals surface area contributed by atoms with E-state index < -0.39 is 46.7 Å². The molecule has 0 bridgehead atoms. The maximum atomic E-state index is 6.53. The minimum atomic E-state index is -1.39. The molecule has 0 amide bonds. The molecular formula is C11H18Cl2Hg2O2. The van der Waals surface area contributed by atoms with E-state index in [0.29, 0.717) is 12.5 Å². The molecule has 2 nitrogen and oxygen atoms in total. The van der Waals surface area contributed by atoms with E-state index in [2.05, 4.69) is 0 Å². The van der Waals surface area contributed by atoms with Crippen molar-refractivity contribution in [1.82, 2.24) is 0 Å². The molecule has 17 heavy (non-hydrogen) atoms. The van der Waals surface area contributed by atoms with Crippen LogP contribution in [0.25, 0.3) is 0 Å². The first-order valence-corrected chi connectivity index (χ1v) is 25.8. The van der Waals surface area contributed by atoms with Crippen LogP contribution < -0.4 is 0 Å². The molecule has 92 valence electrons. The summed E-state index contributed by atoms with van der Waals surface area (Å²) in [6, 6.07) is 0. The Hall–Kier alpha value is 2.37. The fraction of sp³-hybridized carbons (Fsp3) is 1.00. The summed E-state index contributed by atoms with van der Waals surface area (Å²) in [5.41, 5.74) is 0.0882. The predicted octanol–water partition coefficient (Wildman–Crippen LogP) is 3.78. The van der Waals surface area contributed by atoms with Gasteiger partial charge in [0.25, 0.3) is 0 Å². The zero-order valence-electron chi connectivity index (χ0n) is 10.7. The summed E-state index contributed by atoms with van der Waals surface area (Å²) in [6.45, 7) is 0. The standard InChI is InChI=1S/C11H18O2.2ClH.2Hg/c1-12-10-5-7-11(13-2)6-3-4-9(11)8-10;;;;/h5,10H,3-4,6-8H2,1-2H3;2*1H;;/q;;;2*+1/p-2. The topological polar surface area (TPSA) is 18.5 Å². The van der Waals surface area contributed by atoms with E-state index >= 15 is 0 Å². The van der Waals surface area contributed by atoms with Gasteiger partial charge in [0.05, 0.1) is 0 Å². The van der Waals surface area contributed by atoms with Crippen LogP contribution in [0.4, 0.5) is 0 Å². The summed E-state index contributed by atoms with van der Waals surface area (Å²) in [6.07, 6.45) is 6.42. The third-order valence-electron chi connectivity index (χ3n) is 5.06. The Morgan fingerprint density at radius 3 is 2.47 bits per heavy atom. The molecule has 0 N–H and O–H groups in total. The SMILES string of the molecule is COC1C[C]2([Hg][Cl])CCCC2(OC)C[CH]1[Hg][Cl]. The number of methoxy groups -OCH3 is 2.